The van der Waals surface area contributed by atoms with Crippen LogP contribution in [-0.4, -0.2) is 18.7 Å². The van der Waals surface area contributed by atoms with Gasteiger partial charge in [-0.2, -0.15) is 5.10 Å². The number of benzene rings is 2. The molecule has 0 atom stereocenters. The summed E-state index contributed by atoms with van der Waals surface area (Å²) in [5.41, 5.74) is 4.61. The monoisotopic (exact) mass is 364 g/mol. The first-order chi connectivity index (χ1) is 11.5. The molecule has 1 amide bonds. The molecule has 0 aliphatic carbocycles. The maximum Gasteiger partial charge on any atom is 0.272 e. The fourth-order valence-corrected chi connectivity index (χ4v) is 2.63. The predicted octanol–water partition coefficient (Wildman–Crippen LogP) is 4.94. The number of hydrogen-bond acceptors (Lipinski definition) is 3. The summed E-state index contributed by atoms with van der Waals surface area (Å²) >= 11 is 11.9. The van der Waals surface area contributed by atoms with Crippen molar-refractivity contribution >= 4 is 34.8 Å². The average molecular weight is 365 g/mol. The Hall–Kier alpha value is -2.04. The van der Waals surface area contributed by atoms with Gasteiger partial charge in [-0.05, 0) is 54.4 Å². The van der Waals surface area contributed by atoms with Gasteiger partial charge in [0.2, 0.25) is 0 Å². The normalized spacial score (nSPS) is 11.2. The Morgan fingerprint density at radius 1 is 1.17 bits per heavy atom. The Kier molecular flexibility index (Phi) is 6.64. The smallest absolute Gasteiger partial charge is 0.272 e. The first kappa shape index (κ1) is 18.3. The zero-order valence-electron chi connectivity index (χ0n) is 13.5. The molecule has 0 saturated heterocycles. The minimum absolute atomic E-state index is 0.289. The van der Waals surface area contributed by atoms with Crippen LogP contribution >= 0.6 is 23.2 Å². The highest BCUT2D eigenvalue weighted by atomic mass is 35.5. The van der Waals surface area contributed by atoms with Crippen molar-refractivity contribution in [1.82, 2.24) is 5.43 Å². The van der Waals surface area contributed by atoms with Gasteiger partial charge < -0.3 is 4.74 Å². The summed E-state index contributed by atoms with van der Waals surface area (Å²) in [4.78, 5) is 12.3. The Morgan fingerprint density at radius 2 is 1.88 bits per heavy atom. The number of hydrazone groups is 1. The number of carbonyl (C=O) groups is 1. The molecule has 0 saturated carbocycles. The van der Waals surface area contributed by atoms with E-state index < -0.39 is 0 Å². The third-order valence-electron chi connectivity index (χ3n) is 3.38. The molecule has 0 aromatic heterocycles. The van der Waals surface area contributed by atoms with Crippen LogP contribution in [0, 0.1) is 0 Å². The van der Waals surface area contributed by atoms with E-state index in [0.717, 1.165) is 29.9 Å². The number of carbonyl (C=O) groups excluding carboxylic acids is 1. The molecule has 6 heteroatoms. The maximum atomic E-state index is 12.3. The van der Waals surface area contributed by atoms with E-state index in [2.05, 4.69) is 17.5 Å². The van der Waals surface area contributed by atoms with Gasteiger partial charge in [0.15, 0.2) is 0 Å². The molecule has 0 spiro atoms. The fraction of sp³-hybridized carbons (Fsp3) is 0.222. The van der Waals surface area contributed by atoms with Gasteiger partial charge >= 0.3 is 0 Å². The predicted molar refractivity (Wildman–Crippen MR) is 98.4 cm³/mol. The van der Waals surface area contributed by atoms with Crippen molar-refractivity contribution in [3.8, 4) is 5.75 Å². The number of ether oxygens (including phenoxy) is 1. The number of rotatable bonds is 6. The van der Waals surface area contributed by atoms with Gasteiger partial charge in [-0.3, -0.25) is 4.79 Å². The van der Waals surface area contributed by atoms with Crippen LogP contribution in [-0.2, 0) is 0 Å². The fourth-order valence-electron chi connectivity index (χ4n) is 2.14. The van der Waals surface area contributed by atoms with Gasteiger partial charge in [0.05, 0.1) is 23.4 Å². The molecule has 24 heavy (non-hydrogen) atoms. The van der Waals surface area contributed by atoms with Crippen molar-refractivity contribution < 1.29 is 9.53 Å². The molecule has 126 valence electrons. The number of nitrogens with zero attached hydrogens (tertiary/aromatic N) is 1. The van der Waals surface area contributed by atoms with Crippen molar-refractivity contribution in [3.05, 3.63) is 63.6 Å². The molecule has 4 nitrogen and oxygen atoms in total. The number of methoxy groups -OCH3 is 1. The quantitative estimate of drug-likeness (QED) is 0.583. The number of nitrogens with one attached hydrogen (secondary N) is 1. The number of hydrogen-bond donors (Lipinski definition) is 1. The summed E-state index contributed by atoms with van der Waals surface area (Å²) in [6.45, 7) is 2.05. The van der Waals surface area contributed by atoms with E-state index in [9.17, 15) is 4.79 Å². The van der Waals surface area contributed by atoms with E-state index in [1.54, 1.807) is 19.2 Å². The minimum Gasteiger partial charge on any atom is -0.497 e. The average Bonchev–Trinajstić information content (AvgIpc) is 2.58. The van der Waals surface area contributed by atoms with E-state index in [0.29, 0.717) is 10.6 Å². The second-order valence-electron chi connectivity index (χ2n) is 5.10. The zero-order chi connectivity index (χ0) is 17.5. The van der Waals surface area contributed by atoms with E-state index in [1.807, 2.05) is 24.3 Å². The van der Waals surface area contributed by atoms with Crippen molar-refractivity contribution in [2.24, 2.45) is 5.10 Å². The summed E-state index contributed by atoms with van der Waals surface area (Å²) in [6.07, 6.45) is 1.64. The lowest BCUT2D eigenvalue weighted by atomic mass is 10.1. The first-order valence-electron chi connectivity index (χ1n) is 7.51. The maximum absolute atomic E-state index is 12.3. The molecule has 2 aromatic carbocycles. The molecule has 0 aliphatic rings. The number of amides is 1. The van der Waals surface area contributed by atoms with Crippen molar-refractivity contribution in [1.29, 1.82) is 0 Å². The van der Waals surface area contributed by atoms with Crippen molar-refractivity contribution in [2.45, 2.75) is 19.8 Å². The Balaban J connectivity index is 2.19. The van der Waals surface area contributed by atoms with Crippen LogP contribution < -0.4 is 10.2 Å². The van der Waals surface area contributed by atoms with Crippen LogP contribution in [0.1, 0.15) is 35.7 Å². The molecule has 0 heterocycles. The number of halogens is 2. The van der Waals surface area contributed by atoms with Gasteiger partial charge in [0, 0.05) is 5.02 Å². The van der Waals surface area contributed by atoms with Crippen LogP contribution in [0.2, 0.25) is 10.0 Å². The summed E-state index contributed by atoms with van der Waals surface area (Å²) in [7, 11) is 1.62. The highest BCUT2D eigenvalue weighted by molar-refractivity contribution is 6.36. The van der Waals surface area contributed by atoms with Crippen LogP contribution in [0.15, 0.2) is 47.6 Å². The molecule has 1 N–H and O–H groups in total. The van der Waals surface area contributed by atoms with E-state index in [4.69, 9.17) is 27.9 Å². The molecule has 2 aromatic rings. The zero-order valence-corrected chi connectivity index (χ0v) is 15.0. The highest BCUT2D eigenvalue weighted by Crippen LogP contribution is 2.21. The van der Waals surface area contributed by atoms with Gasteiger partial charge in [-0.1, -0.05) is 36.5 Å². The third kappa shape index (κ3) is 4.73. The van der Waals surface area contributed by atoms with Gasteiger partial charge in [0.25, 0.3) is 5.91 Å². The van der Waals surface area contributed by atoms with Crippen LogP contribution in [0.5, 0.6) is 5.75 Å². The second kappa shape index (κ2) is 8.71. The molecule has 0 aliphatic heterocycles. The van der Waals surface area contributed by atoms with Gasteiger partial charge in [-0.25, -0.2) is 5.43 Å². The van der Waals surface area contributed by atoms with E-state index >= 15 is 0 Å². The largest absolute Gasteiger partial charge is 0.497 e. The van der Waals surface area contributed by atoms with Crippen LogP contribution in [0.3, 0.4) is 0 Å². The van der Waals surface area contributed by atoms with Crippen LogP contribution in [0.4, 0.5) is 0 Å². The summed E-state index contributed by atoms with van der Waals surface area (Å²) in [5, 5.41) is 5.03. The molecule has 0 radical (unpaired) electrons. The lowest BCUT2D eigenvalue weighted by molar-refractivity contribution is 0.0955. The lowest BCUT2D eigenvalue weighted by Gasteiger charge is -2.08. The molecule has 2 rings (SSSR count). The summed E-state index contributed by atoms with van der Waals surface area (Å²) in [5.74, 6) is 0.394. The van der Waals surface area contributed by atoms with Crippen molar-refractivity contribution in [2.75, 3.05) is 7.11 Å². The topological polar surface area (TPSA) is 50.7 Å². The second-order valence-corrected chi connectivity index (χ2v) is 5.95. The molecule has 0 fully saturated rings. The molecule has 0 bridgehead atoms. The minimum atomic E-state index is -0.376. The van der Waals surface area contributed by atoms with Gasteiger partial charge in [0.1, 0.15) is 5.75 Å². The van der Waals surface area contributed by atoms with Crippen molar-refractivity contribution in [3.63, 3.8) is 0 Å². The van der Waals surface area contributed by atoms with E-state index in [-0.39, 0.29) is 10.9 Å². The molecular formula is C18H18Cl2N2O2. The third-order valence-corrected chi connectivity index (χ3v) is 3.93. The standard InChI is InChI=1S/C18H18Cl2N2O2/c1-3-4-17(12-5-8-14(24-2)9-6-12)21-22-18(23)15-10-7-13(19)11-16(15)20/h5-11H,3-4H2,1-2H3,(H,22,23)/b21-17-. The van der Waals surface area contributed by atoms with Crippen LogP contribution in [0.25, 0.3) is 0 Å². The van der Waals surface area contributed by atoms with E-state index in [1.165, 1.54) is 6.07 Å². The summed E-state index contributed by atoms with van der Waals surface area (Å²) < 4.78 is 5.15. The molecular weight excluding hydrogens is 347 g/mol. The SMILES string of the molecule is CCC/C(=N/NC(=O)c1ccc(Cl)cc1Cl)c1ccc(OC)cc1. The van der Waals surface area contributed by atoms with Gasteiger partial charge in [-0.15, -0.1) is 0 Å². The Labute approximate surface area is 151 Å². The summed E-state index contributed by atoms with van der Waals surface area (Å²) in [6, 6.07) is 12.3. The first-order valence-corrected chi connectivity index (χ1v) is 8.27. The Bertz CT molecular complexity index is 743. The lowest BCUT2D eigenvalue weighted by Crippen LogP contribution is -2.20. The highest BCUT2D eigenvalue weighted by Gasteiger charge is 2.11. The Morgan fingerprint density at radius 3 is 2.46 bits per heavy atom. The molecule has 0 unspecified atom stereocenters.